The van der Waals surface area contributed by atoms with E-state index in [-0.39, 0.29) is 81.1 Å². The number of hydrogen-bond donors (Lipinski definition) is 2. The second-order valence-corrected chi connectivity index (χ2v) is 11.2. The van der Waals surface area contributed by atoms with Gasteiger partial charge in [-0.15, -0.1) is 11.3 Å². The van der Waals surface area contributed by atoms with Crippen molar-refractivity contribution in [1.29, 1.82) is 0 Å². The molecule has 17 heteroatoms. The number of thiophene rings is 1. The van der Waals surface area contributed by atoms with Crippen LogP contribution in [0.15, 0.2) is 45.4 Å². The molecule has 0 unspecified atom stereocenters. The maximum absolute atomic E-state index is 13.6. The topological polar surface area (TPSA) is 121 Å². The van der Waals surface area contributed by atoms with Crippen molar-refractivity contribution in [2.45, 2.75) is 12.8 Å². The van der Waals surface area contributed by atoms with Crippen molar-refractivity contribution >= 4 is 97.1 Å². The SMILES string of the molecule is NC(=O)c1sc2nc(C(F)(F)F)cc(-c3ccco3)c2c1NC(=O)c1ccc(COc2c(Cl)c(Cl)c(Cl)c(Cl)c2Cl)o1. The minimum Gasteiger partial charge on any atom is -0.482 e. The molecule has 0 aliphatic carbocycles. The maximum Gasteiger partial charge on any atom is 0.433 e. The van der Waals surface area contributed by atoms with Gasteiger partial charge in [0.1, 0.15) is 43.6 Å². The Kier molecular flexibility index (Phi) is 8.31. The normalized spacial score (nSPS) is 11.7. The average Bonchev–Trinajstić information content (AvgIpc) is 3.70. The van der Waals surface area contributed by atoms with Crippen LogP contribution in [0, 0.1) is 0 Å². The molecule has 0 fully saturated rings. The van der Waals surface area contributed by atoms with Crippen molar-refractivity contribution in [3.63, 3.8) is 0 Å². The maximum atomic E-state index is 13.6. The molecular weight excluding hydrogens is 689 g/mol. The monoisotopic (exact) mass is 697 g/mol. The summed E-state index contributed by atoms with van der Waals surface area (Å²) in [7, 11) is 0. The Morgan fingerprint density at radius 2 is 1.69 bits per heavy atom. The number of ether oxygens (including phenoxy) is 1. The highest BCUT2D eigenvalue weighted by atomic mass is 35.5. The van der Waals surface area contributed by atoms with E-state index < -0.39 is 23.7 Å². The molecule has 0 bridgehead atoms. The molecule has 2 amide bonds. The first-order chi connectivity index (χ1) is 19.8. The van der Waals surface area contributed by atoms with Gasteiger partial charge >= 0.3 is 6.18 Å². The molecule has 218 valence electrons. The number of nitrogens with two attached hydrogens (primary N) is 1. The van der Waals surface area contributed by atoms with Crippen LogP contribution >= 0.6 is 69.3 Å². The fraction of sp³-hybridized carbons (Fsp3) is 0.0800. The van der Waals surface area contributed by atoms with E-state index in [0.29, 0.717) is 11.3 Å². The lowest BCUT2D eigenvalue weighted by Crippen LogP contribution is -2.16. The van der Waals surface area contributed by atoms with Gasteiger partial charge in [-0.1, -0.05) is 58.0 Å². The molecule has 0 atom stereocenters. The van der Waals surface area contributed by atoms with Crippen molar-refractivity contribution in [2.24, 2.45) is 5.73 Å². The first-order valence-corrected chi connectivity index (χ1v) is 13.9. The third kappa shape index (κ3) is 5.62. The van der Waals surface area contributed by atoms with Gasteiger partial charge in [0.2, 0.25) is 0 Å². The Morgan fingerprint density at radius 1 is 1.02 bits per heavy atom. The van der Waals surface area contributed by atoms with E-state index in [4.69, 9.17) is 77.3 Å². The van der Waals surface area contributed by atoms with Gasteiger partial charge < -0.3 is 24.6 Å². The molecule has 5 aromatic rings. The number of carbonyl (C=O) groups excluding carboxylic acids is 2. The molecule has 4 aromatic heterocycles. The number of aromatic nitrogens is 1. The smallest absolute Gasteiger partial charge is 0.433 e. The number of nitrogens with zero attached hydrogens (tertiary/aromatic N) is 1. The van der Waals surface area contributed by atoms with Crippen LogP contribution in [-0.2, 0) is 12.8 Å². The van der Waals surface area contributed by atoms with Crippen molar-refractivity contribution in [3.05, 3.63) is 83.8 Å². The van der Waals surface area contributed by atoms with Crippen LogP contribution in [-0.4, -0.2) is 16.8 Å². The lowest BCUT2D eigenvalue weighted by Gasteiger charge is -2.13. The highest BCUT2D eigenvalue weighted by Crippen LogP contribution is 2.48. The summed E-state index contributed by atoms with van der Waals surface area (Å²) in [6, 6.07) is 6.34. The quantitative estimate of drug-likeness (QED) is 0.129. The van der Waals surface area contributed by atoms with Crippen molar-refractivity contribution in [2.75, 3.05) is 5.32 Å². The fourth-order valence-corrected chi connectivity index (χ4v) is 6.01. The highest BCUT2D eigenvalue weighted by Gasteiger charge is 2.35. The number of alkyl halides is 3. The summed E-state index contributed by atoms with van der Waals surface area (Å²) in [5.41, 5.74) is 4.03. The molecule has 3 N–H and O–H groups in total. The zero-order valence-electron chi connectivity index (χ0n) is 20.2. The van der Waals surface area contributed by atoms with Crippen molar-refractivity contribution < 1.29 is 36.3 Å². The minimum absolute atomic E-state index is 0.0148. The number of benzene rings is 1. The van der Waals surface area contributed by atoms with Crippen LogP contribution in [0.25, 0.3) is 21.5 Å². The van der Waals surface area contributed by atoms with E-state index in [9.17, 15) is 22.8 Å². The summed E-state index contributed by atoms with van der Waals surface area (Å²) in [4.78, 5) is 28.6. The third-order valence-electron chi connectivity index (χ3n) is 5.62. The Bertz CT molecular complexity index is 1840. The molecule has 1 aromatic carbocycles. The number of hydrogen-bond acceptors (Lipinski definition) is 7. The van der Waals surface area contributed by atoms with E-state index in [1.165, 1.54) is 30.5 Å². The van der Waals surface area contributed by atoms with Gasteiger partial charge in [-0.3, -0.25) is 9.59 Å². The molecule has 8 nitrogen and oxygen atoms in total. The van der Waals surface area contributed by atoms with Crippen LogP contribution in [0.4, 0.5) is 18.9 Å². The first kappa shape index (κ1) is 30.3. The zero-order valence-corrected chi connectivity index (χ0v) is 24.8. The highest BCUT2D eigenvalue weighted by molar-refractivity contribution is 7.21. The molecular formula is C25H11Cl5F3N3O5S. The lowest BCUT2D eigenvalue weighted by atomic mass is 10.1. The molecule has 0 saturated heterocycles. The summed E-state index contributed by atoms with van der Waals surface area (Å²) in [5.74, 6) is -2.02. The summed E-state index contributed by atoms with van der Waals surface area (Å²) >= 11 is 31.0. The largest absolute Gasteiger partial charge is 0.482 e. The number of furan rings is 2. The Balaban J connectivity index is 1.48. The zero-order chi connectivity index (χ0) is 30.5. The number of carbonyl (C=O) groups is 2. The van der Waals surface area contributed by atoms with Crippen LogP contribution in [0.3, 0.4) is 0 Å². The fourth-order valence-electron chi connectivity index (χ4n) is 3.77. The Hall–Kier alpha value is -3.13. The predicted octanol–water partition coefficient (Wildman–Crippen LogP) is 9.37. The van der Waals surface area contributed by atoms with E-state index in [1.54, 1.807) is 0 Å². The van der Waals surface area contributed by atoms with Crippen LogP contribution in [0.2, 0.25) is 25.1 Å². The van der Waals surface area contributed by atoms with E-state index in [2.05, 4.69) is 10.3 Å². The second-order valence-electron chi connectivity index (χ2n) is 8.29. The third-order valence-corrected chi connectivity index (χ3v) is 8.96. The predicted molar refractivity (Wildman–Crippen MR) is 153 cm³/mol. The number of fused-ring (bicyclic) bond motifs is 1. The van der Waals surface area contributed by atoms with Crippen LogP contribution in [0.5, 0.6) is 5.75 Å². The van der Waals surface area contributed by atoms with Gasteiger partial charge in [0.15, 0.2) is 11.5 Å². The molecule has 0 aliphatic rings. The van der Waals surface area contributed by atoms with Crippen molar-refractivity contribution in [1.82, 2.24) is 4.98 Å². The number of nitrogens with one attached hydrogen (secondary N) is 1. The van der Waals surface area contributed by atoms with Gasteiger partial charge in [0.05, 0.1) is 27.0 Å². The standard InChI is InChI=1S/C25H11Cl5F3N3O5S/c26-14-15(27)17(29)20(18(30)16(14)28)40-7-8-3-4-11(41-8)23(38)36-19-13-9(10-2-1-5-39-10)6-12(25(31,32)33)35-24(13)42-21(19)22(34)37/h1-6H,7H2,(H2,34,37)(H,36,38). The minimum atomic E-state index is -4.81. The number of primary amides is 1. The molecule has 42 heavy (non-hydrogen) atoms. The molecule has 4 heterocycles. The summed E-state index contributed by atoms with van der Waals surface area (Å²) in [5, 5.41) is 2.09. The van der Waals surface area contributed by atoms with Gasteiger partial charge in [-0.2, -0.15) is 13.2 Å². The van der Waals surface area contributed by atoms with Gasteiger partial charge in [0, 0.05) is 10.9 Å². The molecule has 0 saturated carbocycles. The van der Waals surface area contributed by atoms with Gasteiger partial charge in [-0.05, 0) is 30.3 Å². The molecule has 0 radical (unpaired) electrons. The number of pyridine rings is 1. The van der Waals surface area contributed by atoms with Crippen LogP contribution in [0.1, 0.15) is 31.7 Å². The summed E-state index contributed by atoms with van der Waals surface area (Å²) in [6.45, 7) is -0.276. The summed E-state index contributed by atoms with van der Waals surface area (Å²) < 4.78 is 57.3. The van der Waals surface area contributed by atoms with Crippen LogP contribution < -0.4 is 15.8 Å². The Labute approximate surface area is 262 Å². The van der Waals surface area contributed by atoms with E-state index in [0.717, 1.165) is 6.07 Å². The lowest BCUT2D eigenvalue weighted by molar-refractivity contribution is -0.140. The molecule has 5 rings (SSSR count). The van der Waals surface area contributed by atoms with Gasteiger partial charge in [0.25, 0.3) is 11.8 Å². The first-order valence-electron chi connectivity index (χ1n) is 11.2. The Morgan fingerprint density at radius 3 is 2.29 bits per heavy atom. The van der Waals surface area contributed by atoms with E-state index >= 15 is 0 Å². The van der Waals surface area contributed by atoms with Crippen molar-refractivity contribution in [3.8, 4) is 17.1 Å². The van der Waals surface area contributed by atoms with Gasteiger partial charge in [-0.25, -0.2) is 4.98 Å². The summed E-state index contributed by atoms with van der Waals surface area (Å²) in [6.07, 6.45) is -3.55. The number of rotatable bonds is 7. The molecule has 0 aliphatic heterocycles. The van der Waals surface area contributed by atoms with E-state index in [1.807, 2.05) is 0 Å². The molecule has 0 spiro atoms. The second kappa shape index (κ2) is 11.5. The number of amides is 2. The number of halogens is 8. The number of anilines is 1. The average molecular weight is 700 g/mol.